The number of carboxylic acid groups (broad SMARTS) is 1. The number of aliphatic carboxylic acids is 1. The third-order valence-electron chi connectivity index (χ3n) is 3.87. The van der Waals surface area contributed by atoms with E-state index in [-0.39, 0.29) is 12.5 Å². The largest absolute Gasteiger partial charge is 0.481 e. The van der Waals surface area contributed by atoms with Crippen LogP contribution in [0.15, 0.2) is 24.3 Å². The van der Waals surface area contributed by atoms with Crippen LogP contribution in [0.3, 0.4) is 0 Å². The fourth-order valence-corrected chi connectivity index (χ4v) is 2.13. The van der Waals surface area contributed by atoms with Crippen LogP contribution in [0.25, 0.3) is 0 Å². The van der Waals surface area contributed by atoms with Gasteiger partial charge < -0.3 is 20.1 Å². The Labute approximate surface area is 141 Å². The van der Waals surface area contributed by atoms with Crippen molar-refractivity contribution in [3.63, 3.8) is 0 Å². The lowest BCUT2D eigenvalue weighted by atomic mass is 9.85. The van der Waals surface area contributed by atoms with E-state index in [1.165, 1.54) is 26.0 Å². The summed E-state index contributed by atoms with van der Waals surface area (Å²) in [5, 5.41) is 11.6. The molecule has 0 aliphatic heterocycles. The summed E-state index contributed by atoms with van der Waals surface area (Å²) >= 11 is 0. The lowest BCUT2D eigenvalue weighted by Gasteiger charge is -2.23. The number of carbonyl (C=O) groups excluding carboxylic acids is 2. The van der Waals surface area contributed by atoms with E-state index < -0.39 is 23.3 Å². The standard InChI is InChI=1S/C17H24N2O5/c1-11(14(20)21)10-19(4)16(23)18-13-8-6-12(7-9-13)17(2,3)15(22)24-5/h6-9,11H,10H2,1-5H3,(H,18,23)(H,20,21). The van der Waals surface area contributed by atoms with Crippen molar-refractivity contribution in [1.82, 2.24) is 4.90 Å². The first-order valence-electron chi connectivity index (χ1n) is 7.53. The molecule has 0 radical (unpaired) electrons. The Kier molecular flexibility index (Phi) is 6.34. The van der Waals surface area contributed by atoms with E-state index in [0.717, 1.165) is 5.56 Å². The number of benzene rings is 1. The molecule has 0 spiro atoms. The van der Waals surface area contributed by atoms with Gasteiger partial charge in [0.2, 0.25) is 0 Å². The Balaban J connectivity index is 2.75. The first kappa shape index (κ1) is 19.5. The average molecular weight is 336 g/mol. The van der Waals surface area contributed by atoms with E-state index in [9.17, 15) is 14.4 Å². The van der Waals surface area contributed by atoms with Crippen LogP contribution in [-0.4, -0.2) is 48.7 Å². The molecule has 132 valence electrons. The highest BCUT2D eigenvalue weighted by Gasteiger charge is 2.30. The van der Waals surface area contributed by atoms with E-state index in [2.05, 4.69) is 5.32 Å². The number of carbonyl (C=O) groups is 3. The maximum absolute atomic E-state index is 12.1. The first-order chi connectivity index (χ1) is 11.1. The number of hydrogen-bond acceptors (Lipinski definition) is 4. The molecular formula is C17H24N2O5. The van der Waals surface area contributed by atoms with Crippen molar-refractivity contribution in [1.29, 1.82) is 0 Å². The minimum atomic E-state index is -0.955. The van der Waals surface area contributed by atoms with Gasteiger partial charge in [-0.15, -0.1) is 0 Å². The van der Waals surface area contributed by atoms with E-state index >= 15 is 0 Å². The number of nitrogens with zero attached hydrogens (tertiary/aromatic N) is 1. The Bertz CT molecular complexity index is 610. The van der Waals surface area contributed by atoms with Crippen LogP contribution >= 0.6 is 0 Å². The van der Waals surface area contributed by atoms with Gasteiger partial charge in [-0.1, -0.05) is 19.1 Å². The zero-order chi connectivity index (χ0) is 18.5. The van der Waals surface area contributed by atoms with Gasteiger partial charge in [0.1, 0.15) is 0 Å². The number of ether oxygens (including phenoxy) is 1. The SMILES string of the molecule is COC(=O)C(C)(C)c1ccc(NC(=O)N(C)CC(C)C(=O)O)cc1. The smallest absolute Gasteiger partial charge is 0.321 e. The van der Waals surface area contributed by atoms with E-state index in [0.29, 0.717) is 5.69 Å². The topological polar surface area (TPSA) is 95.9 Å². The number of hydrogen-bond donors (Lipinski definition) is 2. The minimum Gasteiger partial charge on any atom is -0.481 e. The van der Waals surface area contributed by atoms with Gasteiger partial charge in [0.05, 0.1) is 18.4 Å². The molecule has 0 bridgehead atoms. The summed E-state index contributed by atoms with van der Waals surface area (Å²) in [5.74, 6) is -1.95. The molecule has 24 heavy (non-hydrogen) atoms. The fourth-order valence-electron chi connectivity index (χ4n) is 2.13. The van der Waals surface area contributed by atoms with Gasteiger partial charge in [-0.25, -0.2) is 4.79 Å². The highest BCUT2D eigenvalue weighted by atomic mass is 16.5. The third-order valence-corrected chi connectivity index (χ3v) is 3.87. The zero-order valence-corrected chi connectivity index (χ0v) is 14.6. The van der Waals surface area contributed by atoms with Crippen molar-refractivity contribution in [2.75, 3.05) is 26.0 Å². The minimum absolute atomic E-state index is 0.106. The predicted octanol–water partition coefficient (Wildman–Crippen LogP) is 2.32. The molecule has 7 heteroatoms. The molecule has 0 fully saturated rings. The van der Waals surface area contributed by atoms with Crippen LogP contribution in [0, 0.1) is 5.92 Å². The average Bonchev–Trinajstić information content (AvgIpc) is 2.54. The highest BCUT2D eigenvalue weighted by molar-refractivity contribution is 5.89. The van der Waals surface area contributed by atoms with Gasteiger partial charge >= 0.3 is 18.0 Å². The summed E-state index contributed by atoms with van der Waals surface area (Å²) in [6.07, 6.45) is 0. The molecule has 0 aromatic heterocycles. The quantitative estimate of drug-likeness (QED) is 0.777. The van der Waals surface area contributed by atoms with Gasteiger partial charge in [0, 0.05) is 19.3 Å². The molecule has 2 amide bonds. The summed E-state index contributed by atoms with van der Waals surface area (Å²) in [6, 6.07) is 6.46. The second-order valence-electron chi connectivity index (χ2n) is 6.24. The first-order valence-corrected chi connectivity index (χ1v) is 7.53. The maximum Gasteiger partial charge on any atom is 0.321 e. The molecule has 1 aromatic carbocycles. The normalized spacial score (nSPS) is 12.2. The summed E-state index contributed by atoms with van der Waals surface area (Å²) in [4.78, 5) is 36.0. The molecule has 0 aliphatic rings. The molecule has 2 N–H and O–H groups in total. The maximum atomic E-state index is 12.1. The number of urea groups is 1. The second-order valence-corrected chi connectivity index (χ2v) is 6.24. The van der Waals surface area contributed by atoms with Crippen LogP contribution < -0.4 is 5.32 Å². The Morgan fingerprint density at radius 2 is 1.79 bits per heavy atom. The number of methoxy groups -OCH3 is 1. The van der Waals surface area contributed by atoms with Crippen molar-refractivity contribution in [3.05, 3.63) is 29.8 Å². The van der Waals surface area contributed by atoms with Crippen molar-refractivity contribution >= 4 is 23.7 Å². The van der Waals surface area contributed by atoms with Gasteiger partial charge in [-0.3, -0.25) is 9.59 Å². The van der Waals surface area contributed by atoms with Gasteiger partial charge in [0.15, 0.2) is 0 Å². The molecule has 1 atom stereocenters. The number of amides is 2. The lowest BCUT2D eigenvalue weighted by molar-refractivity contribution is -0.146. The molecule has 1 aromatic rings. The summed E-state index contributed by atoms with van der Waals surface area (Å²) in [6.45, 7) is 5.16. The number of rotatable bonds is 6. The van der Waals surface area contributed by atoms with E-state index in [1.54, 1.807) is 38.1 Å². The van der Waals surface area contributed by atoms with Gasteiger partial charge in [0.25, 0.3) is 0 Å². The monoisotopic (exact) mass is 336 g/mol. The van der Waals surface area contributed by atoms with Gasteiger partial charge in [-0.05, 0) is 31.5 Å². The molecule has 0 aliphatic carbocycles. The van der Waals surface area contributed by atoms with Crippen molar-refractivity contribution < 1.29 is 24.2 Å². The van der Waals surface area contributed by atoms with E-state index in [4.69, 9.17) is 9.84 Å². The number of carboxylic acids is 1. The number of esters is 1. The molecule has 0 saturated carbocycles. The molecular weight excluding hydrogens is 312 g/mol. The fraction of sp³-hybridized carbons (Fsp3) is 0.471. The van der Waals surface area contributed by atoms with Crippen molar-refractivity contribution in [3.8, 4) is 0 Å². The van der Waals surface area contributed by atoms with Crippen molar-refractivity contribution in [2.24, 2.45) is 5.92 Å². The molecule has 1 rings (SSSR count). The molecule has 0 saturated heterocycles. The highest BCUT2D eigenvalue weighted by Crippen LogP contribution is 2.26. The molecule has 1 unspecified atom stereocenters. The molecule has 7 nitrogen and oxygen atoms in total. The van der Waals surface area contributed by atoms with Crippen LogP contribution in [0.5, 0.6) is 0 Å². The number of anilines is 1. The summed E-state index contributed by atoms with van der Waals surface area (Å²) < 4.78 is 4.79. The molecule has 0 heterocycles. The van der Waals surface area contributed by atoms with Gasteiger partial charge in [-0.2, -0.15) is 0 Å². The van der Waals surface area contributed by atoms with Crippen LogP contribution in [0.1, 0.15) is 26.3 Å². The number of nitrogens with one attached hydrogen (secondary N) is 1. The third kappa shape index (κ3) is 4.71. The van der Waals surface area contributed by atoms with Crippen LogP contribution in [-0.2, 0) is 19.7 Å². The Morgan fingerprint density at radius 1 is 1.25 bits per heavy atom. The van der Waals surface area contributed by atoms with Crippen LogP contribution in [0.4, 0.5) is 10.5 Å². The summed E-state index contributed by atoms with van der Waals surface area (Å²) in [7, 11) is 2.87. The summed E-state index contributed by atoms with van der Waals surface area (Å²) in [5.41, 5.74) is 0.532. The Morgan fingerprint density at radius 3 is 2.25 bits per heavy atom. The van der Waals surface area contributed by atoms with Crippen molar-refractivity contribution in [2.45, 2.75) is 26.2 Å². The lowest BCUT2D eigenvalue weighted by Crippen LogP contribution is -2.36. The Hall–Kier alpha value is -2.57. The van der Waals surface area contributed by atoms with Crippen LogP contribution in [0.2, 0.25) is 0 Å². The zero-order valence-electron chi connectivity index (χ0n) is 14.6. The van der Waals surface area contributed by atoms with E-state index in [1.807, 2.05) is 0 Å². The second kappa shape index (κ2) is 7.81. The predicted molar refractivity (Wildman–Crippen MR) is 89.9 cm³/mol.